The minimum absolute atomic E-state index is 0.0344. The molecule has 0 unspecified atom stereocenters. The van der Waals surface area contributed by atoms with Gasteiger partial charge in [-0.25, -0.2) is 4.79 Å². The van der Waals surface area contributed by atoms with Crippen LogP contribution in [-0.2, 0) is 0 Å². The van der Waals surface area contributed by atoms with E-state index in [0.717, 1.165) is 12.8 Å². The van der Waals surface area contributed by atoms with Crippen LogP contribution in [-0.4, -0.2) is 29.9 Å². The molecule has 1 aliphatic carbocycles. The Balaban J connectivity index is 1.59. The van der Waals surface area contributed by atoms with Crippen LogP contribution in [0.5, 0.6) is 0 Å². The van der Waals surface area contributed by atoms with Gasteiger partial charge in [-0.15, -0.1) is 0 Å². The average Bonchev–Trinajstić information content (AvgIpc) is 3.45. The molecule has 1 saturated carbocycles. The summed E-state index contributed by atoms with van der Waals surface area (Å²) in [5, 5.41) is 11.1. The Morgan fingerprint density at radius 2 is 1.57 bits per heavy atom. The van der Waals surface area contributed by atoms with E-state index >= 15 is 0 Å². The highest BCUT2D eigenvalue weighted by Crippen LogP contribution is 2.20. The number of nitrogens with one attached hydrogen (secondary N) is 4. The second kappa shape index (κ2) is 8.56. The molecule has 1 fully saturated rings. The number of carbonyl (C=O) groups is 3. The normalized spacial score (nSPS) is 13.0. The standard InChI is InChI=1S/C21H24N4O3/c1-13(2)22-21(28)25-17-8-6-14(7-9-17)19(26)24-18-5-3-4-15(12-18)20(27)23-16-10-11-16/h3-9,12-13,16H,10-11H2,1-2H3,(H,23,27)(H,24,26)(H2,22,25,28). The summed E-state index contributed by atoms with van der Waals surface area (Å²) >= 11 is 0. The van der Waals surface area contributed by atoms with Crippen molar-refractivity contribution in [2.24, 2.45) is 0 Å². The van der Waals surface area contributed by atoms with Gasteiger partial charge in [0.15, 0.2) is 0 Å². The summed E-state index contributed by atoms with van der Waals surface area (Å²) in [6.45, 7) is 3.75. The number of benzene rings is 2. The Bertz CT molecular complexity index is 873. The van der Waals surface area contributed by atoms with Gasteiger partial charge in [-0.1, -0.05) is 6.07 Å². The maximum atomic E-state index is 12.5. The van der Waals surface area contributed by atoms with Gasteiger partial charge >= 0.3 is 6.03 Å². The van der Waals surface area contributed by atoms with Crippen molar-refractivity contribution in [2.75, 3.05) is 10.6 Å². The van der Waals surface area contributed by atoms with Crippen molar-refractivity contribution in [3.8, 4) is 0 Å². The van der Waals surface area contributed by atoms with Crippen LogP contribution < -0.4 is 21.3 Å². The van der Waals surface area contributed by atoms with Crippen molar-refractivity contribution < 1.29 is 14.4 Å². The largest absolute Gasteiger partial charge is 0.349 e. The molecule has 0 radical (unpaired) electrons. The van der Waals surface area contributed by atoms with E-state index in [9.17, 15) is 14.4 Å². The predicted octanol–water partition coefficient (Wildman–Crippen LogP) is 3.36. The van der Waals surface area contributed by atoms with E-state index in [2.05, 4.69) is 21.3 Å². The van der Waals surface area contributed by atoms with Gasteiger partial charge in [-0.2, -0.15) is 0 Å². The fourth-order valence-corrected chi connectivity index (χ4v) is 2.57. The van der Waals surface area contributed by atoms with E-state index in [1.165, 1.54) is 0 Å². The lowest BCUT2D eigenvalue weighted by Crippen LogP contribution is -2.34. The Morgan fingerprint density at radius 1 is 0.857 bits per heavy atom. The van der Waals surface area contributed by atoms with E-state index in [1.807, 2.05) is 13.8 Å². The smallest absolute Gasteiger partial charge is 0.319 e. The number of urea groups is 1. The van der Waals surface area contributed by atoms with E-state index in [4.69, 9.17) is 0 Å². The first kappa shape index (κ1) is 19.4. The van der Waals surface area contributed by atoms with Crippen molar-refractivity contribution in [1.82, 2.24) is 10.6 Å². The fourth-order valence-electron chi connectivity index (χ4n) is 2.57. The summed E-state index contributed by atoms with van der Waals surface area (Å²) in [5.41, 5.74) is 2.10. The van der Waals surface area contributed by atoms with Crippen LogP contribution in [0.3, 0.4) is 0 Å². The van der Waals surface area contributed by atoms with E-state index in [1.54, 1.807) is 48.5 Å². The monoisotopic (exact) mass is 380 g/mol. The highest BCUT2D eigenvalue weighted by molar-refractivity contribution is 6.05. The SMILES string of the molecule is CC(C)NC(=O)Nc1ccc(C(=O)Nc2cccc(C(=O)NC3CC3)c2)cc1. The lowest BCUT2D eigenvalue weighted by Gasteiger charge is -2.11. The predicted molar refractivity (Wildman–Crippen MR) is 109 cm³/mol. The summed E-state index contributed by atoms with van der Waals surface area (Å²) in [4.78, 5) is 36.3. The zero-order chi connectivity index (χ0) is 20.1. The molecule has 4 N–H and O–H groups in total. The van der Waals surface area contributed by atoms with Crippen LogP contribution in [0.4, 0.5) is 16.2 Å². The molecular weight excluding hydrogens is 356 g/mol. The van der Waals surface area contributed by atoms with Crippen LogP contribution in [0.15, 0.2) is 48.5 Å². The lowest BCUT2D eigenvalue weighted by atomic mass is 10.1. The highest BCUT2D eigenvalue weighted by atomic mass is 16.2. The Labute approximate surface area is 163 Å². The number of anilines is 2. The maximum absolute atomic E-state index is 12.5. The van der Waals surface area contributed by atoms with Gasteiger partial charge in [0, 0.05) is 34.6 Å². The van der Waals surface area contributed by atoms with E-state index in [-0.39, 0.29) is 29.9 Å². The van der Waals surface area contributed by atoms with Gasteiger partial charge in [0.1, 0.15) is 0 Å². The molecule has 4 amide bonds. The van der Waals surface area contributed by atoms with Crippen molar-refractivity contribution in [2.45, 2.75) is 38.8 Å². The molecular formula is C21H24N4O3. The first-order valence-electron chi connectivity index (χ1n) is 9.30. The molecule has 0 spiro atoms. The molecule has 28 heavy (non-hydrogen) atoms. The molecule has 7 nitrogen and oxygen atoms in total. The molecule has 0 aromatic heterocycles. The first-order valence-corrected chi connectivity index (χ1v) is 9.30. The first-order chi connectivity index (χ1) is 13.4. The van der Waals surface area contributed by atoms with Gasteiger partial charge in [-0.3, -0.25) is 9.59 Å². The van der Waals surface area contributed by atoms with Crippen LogP contribution in [0.2, 0.25) is 0 Å². The van der Waals surface area contributed by atoms with E-state index < -0.39 is 0 Å². The summed E-state index contributed by atoms with van der Waals surface area (Å²) in [6, 6.07) is 13.4. The van der Waals surface area contributed by atoms with E-state index in [0.29, 0.717) is 22.5 Å². The summed E-state index contributed by atoms with van der Waals surface area (Å²) in [7, 11) is 0. The average molecular weight is 380 g/mol. The van der Waals surface area contributed by atoms with Crippen molar-refractivity contribution in [3.05, 3.63) is 59.7 Å². The fraction of sp³-hybridized carbons (Fsp3) is 0.286. The molecule has 1 aliphatic rings. The number of hydrogen-bond donors (Lipinski definition) is 4. The van der Waals surface area contributed by atoms with Gasteiger partial charge in [-0.05, 0) is 69.2 Å². The van der Waals surface area contributed by atoms with Crippen LogP contribution in [0.25, 0.3) is 0 Å². The van der Waals surface area contributed by atoms with Gasteiger partial charge in [0.2, 0.25) is 0 Å². The number of hydrogen-bond acceptors (Lipinski definition) is 3. The molecule has 2 aromatic rings. The third-order valence-corrected chi connectivity index (χ3v) is 4.12. The minimum Gasteiger partial charge on any atom is -0.349 e. The van der Waals surface area contributed by atoms with Crippen molar-refractivity contribution in [1.29, 1.82) is 0 Å². The Morgan fingerprint density at radius 3 is 2.21 bits per heavy atom. The summed E-state index contributed by atoms with van der Waals surface area (Å²) in [5.74, 6) is -0.424. The molecule has 0 saturated heterocycles. The molecule has 2 aromatic carbocycles. The van der Waals surface area contributed by atoms with Crippen LogP contribution >= 0.6 is 0 Å². The second-order valence-electron chi connectivity index (χ2n) is 7.11. The molecule has 0 aliphatic heterocycles. The van der Waals surface area contributed by atoms with Gasteiger partial charge in [0.05, 0.1) is 0 Å². The lowest BCUT2D eigenvalue weighted by molar-refractivity contribution is 0.0949. The topological polar surface area (TPSA) is 99.3 Å². The minimum atomic E-state index is -0.298. The Kier molecular flexibility index (Phi) is 5.93. The molecule has 0 heterocycles. The molecule has 0 bridgehead atoms. The summed E-state index contributed by atoms with van der Waals surface area (Å²) < 4.78 is 0. The zero-order valence-corrected chi connectivity index (χ0v) is 15.9. The van der Waals surface area contributed by atoms with Crippen LogP contribution in [0, 0.1) is 0 Å². The second-order valence-corrected chi connectivity index (χ2v) is 7.11. The van der Waals surface area contributed by atoms with Gasteiger partial charge < -0.3 is 21.3 Å². The third kappa shape index (κ3) is 5.57. The molecule has 7 heteroatoms. The Hall–Kier alpha value is -3.35. The molecule has 0 atom stereocenters. The van der Waals surface area contributed by atoms with Crippen molar-refractivity contribution in [3.63, 3.8) is 0 Å². The molecule has 146 valence electrons. The maximum Gasteiger partial charge on any atom is 0.319 e. The van der Waals surface area contributed by atoms with Crippen LogP contribution in [0.1, 0.15) is 47.4 Å². The third-order valence-electron chi connectivity index (χ3n) is 4.12. The quantitative estimate of drug-likeness (QED) is 0.618. The number of carbonyl (C=O) groups excluding carboxylic acids is 3. The highest BCUT2D eigenvalue weighted by Gasteiger charge is 2.23. The van der Waals surface area contributed by atoms with Gasteiger partial charge in [0.25, 0.3) is 11.8 Å². The van der Waals surface area contributed by atoms with Crippen molar-refractivity contribution >= 4 is 29.2 Å². The molecule has 3 rings (SSSR count). The summed E-state index contributed by atoms with van der Waals surface area (Å²) in [6.07, 6.45) is 2.04. The zero-order valence-electron chi connectivity index (χ0n) is 15.9. The number of rotatable bonds is 6. The number of amides is 4.